The molecule has 180 valence electrons. The minimum atomic E-state index is -0.853. The highest BCUT2D eigenvalue weighted by atomic mass is 35.5. The lowest BCUT2D eigenvalue weighted by Gasteiger charge is -2.24. The third-order valence-corrected chi connectivity index (χ3v) is 7.24. The van der Waals surface area contributed by atoms with Gasteiger partial charge in [-0.25, -0.2) is 9.50 Å². The van der Waals surface area contributed by atoms with Gasteiger partial charge in [-0.2, -0.15) is 5.10 Å². The Labute approximate surface area is 212 Å². The smallest absolute Gasteiger partial charge is 0.303 e. The van der Waals surface area contributed by atoms with E-state index in [1.807, 2.05) is 30.5 Å². The fourth-order valence-corrected chi connectivity index (χ4v) is 5.08. The number of benzene rings is 2. The molecule has 2 aromatic heterocycles. The Morgan fingerprint density at radius 3 is 2.49 bits per heavy atom. The number of carbonyl (C=O) groups is 1. The molecule has 0 radical (unpaired) electrons. The lowest BCUT2D eigenvalue weighted by molar-refractivity contribution is -0.136. The van der Waals surface area contributed by atoms with E-state index in [-0.39, 0.29) is 6.42 Å². The molecule has 3 N–H and O–H groups in total. The standard InChI is InChI=1S/C26H24Cl2N4O3/c27-20-9-8-19(13-21(20)28)35-18-6-3-16(4-7-18)23-17(5-10-22(33)34)14-32-24(23)25(30-15-31-32)26(29)11-1-2-12-26/h3-4,6-9,13-15H,1-2,5,10-12,29H2,(H,33,34). The fourth-order valence-electron chi connectivity index (χ4n) is 4.79. The van der Waals surface area contributed by atoms with E-state index >= 15 is 0 Å². The fraction of sp³-hybridized carbons (Fsp3) is 0.269. The van der Waals surface area contributed by atoms with Gasteiger partial charge in [0.25, 0.3) is 0 Å². The third kappa shape index (κ3) is 4.72. The minimum Gasteiger partial charge on any atom is -0.481 e. The van der Waals surface area contributed by atoms with Gasteiger partial charge >= 0.3 is 5.97 Å². The first-order valence-corrected chi connectivity index (χ1v) is 12.2. The number of aliphatic carboxylic acids is 1. The van der Waals surface area contributed by atoms with E-state index in [1.165, 1.54) is 6.33 Å². The van der Waals surface area contributed by atoms with Crippen molar-refractivity contribution in [2.24, 2.45) is 5.73 Å². The van der Waals surface area contributed by atoms with Gasteiger partial charge in [-0.05, 0) is 54.7 Å². The molecule has 0 spiro atoms. The van der Waals surface area contributed by atoms with Gasteiger partial charge in [0.15, 0.2) is 0 Å². The molecule has 0 saturated heterocycles. The van der Waals surface area contributed by atoms with Crippen molar-refractivity contribution in [2.75, 3.05) is 0 Å². The van der Waals surface area contributed by atoms with E-state index in [9.17, 15) is 9.90 Å². The van der Waals surface area contributed by atoms with Gasteiger partial charge in [0, 0.05) is 24.2 Å². The average molecular weight is 511 g/mol. The van der Waals surface area contributed by atoms with Crippen LogP contribution in [0.4, 0.5) is 0 Å². The van der Waals surface area contributed by atoms with E-state index in [0.717, 1.165) is 53.6 Å². The Morgan fingerprint density at radius 2 is 1.80 bits per heavy atom. The van der Waals surface area contributed by atoms with Gasteiger partial charge in [0.05, 0.1) is 26.8 Å². The summed E-state index contributed by atoms with van der Waals surface area (Å²) in [4.78, 5) is 16.0. The van der Waals surface area contributed by atoms with Gasteiger partial charge in [-0.3, -0.25) is 4.79 Å². The number of hydrogen-bond donors (Lipinski definition) is 2. The summed E-state index contributed by atoms with van der Waals surface area (Å²) >= 11 is 12.1. The summed E-state index contributed by atoms with van der Waals surface area (Å²) in [5.74, 6) is 0.352. The topological polar surface area (TPSA) is 103 Å². The third-order valence-electron chi connectivity index (χ3n) is 6.50. The van der Waals surface area contributed by atoms with Crippen LogP contribution in [-0.4, -0.2) is 25.7 Å². The molecule has 9 heteroatoms. The van der Waals surface area contributed by atoms with Crippen LogP contribution in [0.2, 0.25) is 10.0 Å². The SMILES string of the molecule is NC1(c2ncnn3cc(CCC(=O)O)c(-c4ccc(Oc5ccc(Cl)c(Cl)c5)cc4)c23)CCCC1. The lowest BCUT2D eigenvalue weighted by Crippen LogP contribution is -2.35. The molecular formula is C26H24Cl2N4O3. The average Bonchev–Trinajstić information content (AvgIpc) is 3.45. The number of ether oxygens (including phenoxy) is 1. The summed E-state index contributed by atoms with van der Waals surface area (Å²) in [5.41, 5.74) is 10.6. The summed E-state index contributed by atoms with van der Waals surface area (Å²) < 4.78 is 7.71. The van der Waals surface area contributed by atoms with Gasteiger partial charge in [-0.1, -0.05) is 48.2 Å². The first kappa shape index (κ1) is 23.6. The Bertz CT molecular complexity index is 1400. The number of aromatic nitrogens is 3. The molecule has 2 aromatic carbocycles. The van der Waals surface area contributed by atoms with Gasteiger partial charge < -0.3 is 15.6 Å². The number of hydrogen-bond acceptors (Lipinski definition) is 5. The zero-order chi connectivity index (χ0) is 24.6. The van der Waals surface area contributed by atoms with E-state index < -0.39 is 11.5 Å². The summed E-state index contributed by atoms with van der Waals surface area (Å²) in [5, 5.41) is 14.6. The number of fused-ring (bicyclic) bond motifs is 1. The van der Waals surface area contributed by atoms with Crippen LogP contribution < -0.4 is 10.5 Å². The van der Waals surface area contributed by atoms with Gasteiger partial charge in [0.2, 0.25) is 0 Å². The van der Waals surface area contributed by atoms with Crippen LogP contribution in [0.25, 0.3) is 16.6 Å². The molecular weight excluding hydrogens is 487 g/mol. The molecule has 35 heavy (non-hydrogen) atoms. The monoisotopic (exact) mass is 510 g/mol. The van der Waals surface area contributed by atoms with Gasteiger partial charge in [-0.15, -0.1) is 0 Å². The number of halogens is 2. The molecule has 1 aliphatic carbocycles. The summed E-state index contributed by atoms with van der Waals surface area (Å²) in [6.07, 6.45) is 7.60. The molecule has 1 aliphatic rings. The van der Waals surface area contributed by atoms with Crippen LogP contribution in [0.15, 0.2) is 55.0 Å². The number of carboxylic acid groups (broad SMARTS) is 1. The van der Waals surface area contributed by atoms with Crippen LogP contribution in [-0.2, 0) is 16.8 Å². The van der Waals surface area contributed by atoms with Crippen LogP contribution in [0.5, 0.6) is 11.5 Å². The highest BCUT2D eigenvalue weighted by Crippen LogP contribution is 2.41. The molecule has 1 fully saturated rings. The number of carboxylic acids is 1. The van der Waals surface area contributed by atoms with E-state index in [1.54, 1.807) is 22.7 Å². The molecule has 0 unspecified atom stereocenters. The van der Waals surface area contributed by atoms with Crippen LogP contribution in [0, 0.1) is 0 Å². The largest absolute Gasteiger partial charge is 0.481 e. The number of nitrogens with zero attached hydrogens (tertiary/aromatic N) is 3. The molecule has 0 aliphatic heterocycles. The molecule has 7 nitrogen and oxygen atoms in total. The van der Waals surface area contributed by atoms with Crippen LogP contribution in [0.3, 0.4) is 0 Å². The Kier molecular flexibility index (Phi) is 6.40. The molecule has 4 aromatic rings. The Morgan fingerprint density at radius 1 is 1.09 bits per heavy atom. The highest BCUT2D eigenvalue weighted by Gasteiger charge is 2.36. The van der Waals surface area contributed by atoms with E-state index in [4.69, 9.17) is 33.7 Å². The molecule has 0 atom stereocenters. The summed E-state index contributed by atoms with van der Waals surface area (Å²) in [7, 11) is 0. The van der Waals surface area contributed by atoms with E-state index in [2.05, 4.69) is 10.1 Å². The van der Waals surface area contributed by atoms with Crippen molar-refractivity contribution < 1.29 is 14.6 Å². The summed E-state index contributed by atoms with van der Waals surface area (Å²) in [6.45, 7) is 0. The minimum absolute atomic E-state index is 0.0128. The van der Waals surface area contributed by atoms with E-state index in [0.29, 0.717) is 28.0 Å². The van der Waals surface area contributed by atoms with Crippen molar-refractivity contribution in [3.63, 3.8) is 0 Å². The predicted octanol–water partition coefficient (Wildman–Crippen LogP) is 6.24. The second-order valence-corrected chi connectivity index (χ2v) is 9.70. The van der Waals surface area contributed by atoms with Crippen molar-refractivity contribution in [3.05, 3.63) is 76.3 Å². The molecule has 0 amide bonds. The number of nitrogens with two attached hydrogens (primary N) is 1. The molecule has 2 heterocycles. The van der Waals surface area contributed by atoms with Crippen molar-refractivity contribution in [3.8, 4) is 22.6 Å². The van der Waals surface area contributed by atoms with Crippen molar-refractivity contribution in [2.45, 2.75) is 44.1 Å². The Balaban J connectivity index is 1.57. The first-order valence-electron chi connectivity index (χ1n) is 11.4. The van der Waals surface area contributed by atoms with Crippen molar-refractivity contribution in [1.82, 2.24) is 14.6 Å². The number of aryl methyl sites for hydroxylation is 1. The maximum Gasteiger partial charge on any atom is 0.303 e. The first-order chi connectivity index (χ1) is 16.8. The van der Waals surface area contributed by atoms with Crippen LogP contribution >= 0.6 is 23.2 Å². The molecule has 1 saturated carbocycles. The number of rotatable bonds is 7. The quantitative estimate of drug-likeness (QED) is 0.305. The summed E-state index contributed by atoms with van der Waals surface area (Å²) in [6, 6.07) is 12.7. The molecule has 0 bridgehead atoms. The highest BCUT2D eigenvalue weighted by molar-refractivity contribution is 6.42. The van der Waals surface area contributed by atoms with Crippen LogP contribution in [0.1, 0.15) is 43.4 Å². The van der Waals surface area contributed by atoms with Crippen molar-refractivity contribution in [1.29, 1.82) is 0 Å². The lowest BCUT2D eigenvalue weighted by atomic mass is 9.90. The Hall–Kier alpha value is -3.13. The second kappa shape index (κ2) is 9.49. The second-order valence-electron chi connectivity index (χ2n) is 8.89. The maximum atomic E-state index is 11.3. The zero-order valence-electron chi connectivity index (χ0n) is 18.9. The zero-order valence-corrected chi connectivity index (χ0v) is 20.4. The normalized spacial score (nSPS) is 14.9. The van der Waals surface area contributed by atoms with Crippen molar-refractivity contribution >= 4 is 34.7 Å². The maximum absolute atomic E-state index is 11.3. The molecule has 5 rings (SSSR count). The van der Waals surface area contributed by atoms with Gasteiger partial charge in [0.1, 0.15) is 17.8 Å². The predicted molar refractivity (Wildman–Crippen MR) is 135 cm³/mol.